The number of hydrogen-bond acceptors (Lipinski definition) is 6. The van der Waals surface area contributed by atoms with Crippen LogP contribution in [-0.2, 0) is 9.53 Å². The fourth-order valence-electron chi connectivity index (χ4n) is 2.62. The van der Waals surface area contributed by atoms with E-state index >= 15 is 0 Å². The number of hydrogen-bond donors (Lipinski definition) is 0. The molecule has 0 unspecified atom stereocenters. The third kappa shape index (κ3) is 7.78. The molecule has 0 amide bonds. The molecule has 0 bridgehead atoms. The maximum Gasteiger partial charge on any atom is 0.305 e. The fraction of sp³-hybridized carbons (Fsp3) is 0.348. The van der Waals surface area contributed by atoms with Crippen LogP contribution in [0, 0.1) is 0 Å². The van der Waals surface area contributed by atoms with Gasteiger partial charge in [0.25, 0.3) is 0 Å². The predicted molar refractivity (Wildman–Crippen MR) is 111 cm³/mol. The van der Waals surface area contributed by atoms with Crippen LogP contribution in [-0.4, -0.2) is 37.1 Å². The van der Waals surface area contributed by atoms with E-state index in [1.807, 2.05) is 18.2 Å². The molecule has 0 saturated carbocycles. The van der Waals surface area contributed by atoms with Gasteiger partial charge in [-0.1, -0.05) is 30.3 Å². The second-order valence-corrected chi connectivity index (χ2v) is 6.29. The van der Waals surface area contributed by atoms with Gasteiger partial charge in [0.2, 0.25) is 0 Å². The molecule has 2 rings (SSSR count). The minimum absolute atomic E-state index is 0.0905. The van der Waals surface area contributed by atoms with Crippen LogP contribution in [0.3, 0.4) is 0 Å². The summed E-state index contributed by atoms with van der Waals surface area (Å²) < 4.78 is 16.0. The van der Waals surface area contributed by atoms with Gasteiger partial charge in [-0.2, -0.15) is 0 Å². The number of ketones is 1. The van der Waals surface area contributed by atoms with Gasteiger partial charge >= 0.3 is 5.97 Å². The molecule has 0 spiro atoms. The van der Waals surface area contributed by atoms with Gasteiger partial charge in [-0.15, -0.1) is 0 Å². The summed E-state index contributed by atoms with van der Waals surface area (Å²) in [5, 5.41) is 0. The number of pyridine rings is 1. The lowest BCUT2D eigenvalue weighted by molar-refractivity contribution is -0.143. The maximum absolute atomic E-state index is 12.2. The van der Waals surface area contributed by atoms with E-state index in [9.17, 15) is 9.59 Å². The monoisotopic (exact) mass is 397 g/mol. The second-order valence-electron chi connectivity index (χ2n) is 6.29. The van der Waals surface area contributed by atoms with Crippen LogP contribution in [0.4, 0.5) is 0 Å². The molecule has 1 aromatic heterocycles. The molecule has 0 aliphatic heterocycles. The number of rotatable bonds is 12. The highest BCUT2D eigenvalue weighted by Gasteiger charge is 2.07. The van der Waals surface area contributed by atoms with Crippen LogP contribution in [0.1, 0.15) is 48.7 Å². The van der Waals surface area contributed by atoms with Crippen molar-refractivity contribution < 1.29 is 23.8 Å². The number of benzene rings is 1. The van der Waals surface area contributed by atoms with Gasteiger partial charge in [-0.05, 0) is 38.3 Å². The SMILES string of the molecule is CCOC(=O)CCCCCOc1cc(/C=C/C(=O)c2ccccc2)ncc1OC. The van der Waals surface area contributed by atoms with Crippen LogP contribution in [0.25, 0.3) is 6.08 Å². The first-order chi connectivity index (χ1) is 14.1. The normalized spacial score (nSPS) is 10.7. The quantitative estimate of drug-likeness (QED) is 0.227. The Balaban J connectivity index is 1.87. The van der Waals surface area contributed by atoms with Crippen molar-refractivity contribution in [1.29, 1.82) is 0 Å². The van der Waals surface area contributed by atoms with Gasteiger partial charge in [0.05, 0.1) is 32.2 Å². The van der Waals surface area contributed by atoms with Gasteiger partial charge in [0.1, 0.15) is 0 Å². The standard InChI is InChI=1S/C23H27NO5/c1-3-28-23(26)12-8-5-9-15-29-21-16-19(24-17-22(21)27-2)13-14-20(25)18-10-6-4-7-11-18/h4,6-7,10-11,13-14,16-17H,3,5,8-9,12,15H2,1-2H3/b14-13+. The largest absolute Gasteiger partial charge is 0.491 e. The summed E-state index contributed by atoms with van der Waals surface area (Å²) in [6.07, 6.45) is 7.59. The predicted octanol–water partition coefficient (Wildman–Crippen LogP) is 4.49. The highest BCUT2D eigenvalue weighted by molar-refractivity contribution is 6.06. The first-order valence-electron chi connectivity index (χ1n) is 9.74. The molecular weight excluding hydrogens is 370 g/mol. The smallest absolute Gasteiger partial charge is 0.305 e. The summed E-state index contributed by atoms with van der Waals surface area (Å²) in [5.74, 6) is 0.848. The van der Waals surface area contributed by atoms with Crippen molar-refractivity contribution in [2.75, 3.05) is 20.3 Å². The highest BCUT2D eigenvalue weighted by atomic mass is 16.5. The Kier molecular flexibility index (Phi) is 9.42. The molecule has 2 aromatic rings. The Morgan fingerprint density at radius 1 is 1.07 bits per heavy atom. The number of unbranched alkanes of at least 4 members (excludes halogenated alkanes) is 2. The Morgan fingerprint density at radius 2 is 1.86 bits per heavy atom. The number of carbonyl (C=O) groups excluding carboxylic acids is 2. The Morgan fingerprint density at radius 3 is 2.59 bits per heavy atom. The summed E-state index contributed by atoms with van der Waals surface area (Å²) in [6.45, 7) is 2.71. The zero-order chi connectivity index (χ0) is 20.9. The number of nitrogens with zero attached hydrogens (tertiary/aromatic N) is 1. The van der Waals surface area contributed by atoms with Crippen molar-refractivity contribution in [3.05, 3.63) is 59.9 Å². The summed E-state index contributed by atoms with van der Waals surface area (Å²) in [7, 11) is 1.55. The number of methoxy groups -OCH3 is 1. The molecule has 0 radical (unpaired) electrons. The minimum Gasteiger partial charge on any atom is -0.491 e. The molecular formula is C23H27NO5. The Labute approximate surface area is 171 Å². The topological polar surface area (TPSA) is 74.7 Å². The summed E-state index contributed by atoms with van der Waals surface area (Å²) in [5.41, 5.74) is 1.23. The lowest BCUT2D eigenvalue weighted by Gasteiger charge is -2.11. The zero-order valence-electron chi connectivity index (χ0n) is 16.9. The summed E-state index contributed by atoms with van der Waals surface area (Å²) >= 11 is 0. The third-order valence-corrected chi connectivity index (χ3v) is 4.12. The first kappa shape index (κ1) is 22.1. The molecule has 0 aliphatic carbocycles. The molecule has 1 aromatic carbocycles. The molecule has 0 saturated heterocycles. The number of carbonyl (C=O) groups is 2. The number of esters is 1. The average Bonchev–Trinajstić information content (AvgIpc) is 2.75. The van der Waals surface area contributed by atoms with Gasteiger partial charge < -0.3 is 14.2 Å². The Bertz CT molecular complexity index is 817. The fourth-order valence-corrected chi connectivity index (χ4v) is 2.62. The van der Waals surface area contributed by atoms with E-state index in [4.69, 9.17) is 14.2 Å². The van der Waals surface area contributed by atoms with Crippen LogP contribution in [0.15, 0.2) is 48.7 Å². The van der Waals surface area contributed by atoms with Crippen LogP contribution in [0.2, 0.25) is 0 Å². The van der Waals surface area contributed by atoms with Crippen LogP contribution in [0.5, 0.6) is 11.5 Å². The van der Waals surface area contributed by atoms with E-state index in [1.54, 1.807) is 44.5 Å². The molecule has 0 fully saturated rings. The van der Waals surface area contributed by atoms with E-state index in [0.717, 1.165) is 19.3 Å². The van der Waals surface area contributed by atoms with Gasteiger partial charge in [0, 0.05) is 18.1 Å². The lowest BCUT2D eigenvalue weighted by Crippen LogP contribution is -2.04. The van der Waals surface area contributed by atoms with Gasteiger partial charge in [-0.3, -0.25) is 14.6 Å². The minimum atomic E-state index is -0.161. The highest BCUT2D eigenvalue weighted by Crippen LogP contribution is 2.27. The van der Waals surface area contributed by atoms with E-state index in [0.29, 0.717) is 42.4 Å². The van der Waals surface area contributed by atoms with Crippen molar-refractivity contribution in [1.82, 2.24) is 4.98 Å². The van der Waals surface area contributed by atoms with Crippen molar-refractivity contribution >= 4 is 17.8 Å². The maximum atomic E-state index is 12.2. The van der Waals surface area contributed by atoms with E-state index < -0.39 is 0 Å². The lowest BCUT2D eigenvalue weighted by atomic mass is 10.1. The van der Waals surface area contributed by atoms with Crippen molar-refractivity contribution in [3.63, 3.8) is 0 Å². The molecule has 6 nitrogen and oxygen atoms in total. The Hall–Kier alpha value is -3.15. The molecule has 0 N–H and O–H groups in total. The first-order valence-corrected chi connectivity index (χ1v) is 9.74. The van der Waals surface area contributed by atoms with Crippen molar-refractivity contribution in [2.45, 2.75) is 32.6 Å². The number of ether oxygens (including phenoxy) is 3. The summed E-state index contributed by atoms with van der Waals surface area (Å²) in [4.78, 5) is 27.8. The molecule has 1 heterocycles. The van der Waals surface area contributed by atoms with E-state index in [-0.39, 0.29) is 11.8 Å². The number of allylic oxidation sites excluding steroid dienone is 1. The number of aromatic nitrogens is 1. The van der Waals surface area contributed by atoms with E-state index in [1.165, 1.54) is 6.08 Å². The van der Waals surface area contributed by atoms with Gasteiger partial charge in [0.15, 0.2) is 17.3 Å². The van der Waals surface area contributed by atoms with Crippen molar-refractivity contribution in [3.8, 4) is 11.5 Å². The van der Waals surface area contributed by atoms with Gasteiger partial charge in [-0.25, -0.2) is 0 Å². The molecule has 154 valence electrons. The van der Waals surface area contributed by atoms with Crippen LogP contribution >= 0.6 is 0 Å². The molecule has 6 heteroatoms. The summed E-state index contributed by atoms with van der Waals surface area (Å²) in [6, 6.07) is 10.8. The van der Waals surface area contributed by atoms with Crippen LogP contribution < -0.4 is 9.47 Å². The van der Waals surface area contributed by atoms with E-state index in [2.05, 4.69) is 4.98 Å². The molecule has 0 atom stereocenters. The average molecular weight is 397 g/mol. The third-order valence-electron chi connectivity index (χ3n) is 4.12. The molecule has 29 heavy (non-hydrogen) atoms. The molecule has 0 aliphatic rings. The second kappa shape index (κ2) is 12.3. The zero-order valence-corrected chi connectivity index (χ0v) is 16.9. The van der Waals surface area contributed by atoms with Crippen molar-refractivity contribution in [2.24, 2.45) is 0 Å².